The summed E-state index contributed by atoms with van der Waals surface area (Å²) in [7, 11) is 1.74. The molecule has 262 valence electrons. The molecular weight excluding hydrogens is 612 g/mol. The maximum absolute atomic E-state index is 13.8. The van der Waals surface area contributed by atoms with Gasteiger partial charge in [-0.2, -0.15) is 0 Å². The van der Waals surface area contributed by atoms with Crippen molar-refractivity contribution in [2.45, 2.75) is 96.2 Å². The van der Waals surface area contributed by atoms with Crippen molar-refractivity contribution < 1.29 is 29.0 Å². The van der Waals surface area contributed by atoms with Gasteiger partial charge in [-0.05, 0) is 56.9 Å². The van der Waals surface area contributed by atoms with Crippen LogP contribution in [0.2, 0.25) is 0 Å². The first-order valence-electron chi connectivity index (χ1n) is 17.2. The predicted octanol–water partition coefficient (Wildman–Crippen LogP) is 4.99. The lowest BCUT2D eigenvalue weighted by molar-refractivity contribution is -0.116. The van der Waals surface area contributed by atoms with Gasteiger partial charge >= 0.3 is 6.03 Å². The van der Waals surface area contributed by atoms with Crippen molar-refractivity contribution in [2.24, 2.45) is 5.92 Å². The van der Waals surface area contributed by atoms with Crippen LogP contribution in [0.25, 0.3) is 0 Å². The lowest BCUT2D eigenvalue weighted by Crippen LogP contribution is -2.52. The third-order valence-corrected chi connectivity index (χ3v) is 9.24. The molecule has 2 aromatic rings. The van der Waals surface area contributed by atoms with Crippen LogP contribution >= 0.6 is 0 Å². The van der Waals surface area contributed by atoms with Crippen molar-refractivity contribution in [3.05, 3.63) is 48.0 Å². The van der Waals surface area contributed by atoms with E-state index in [1.807, 2.05) is 6.92 Å². The Bertz CT molecular complexity index is 1410. The number of carbonyl (C=O) groups excluding carboxylic acids is 4. The summed E-state index contributed by atoms with van der Waals surface area (Å²) < 4.78 is 6.55. The summed E-state index contributed by atoms with van der Waals surface area (Å²) in [4.78, 5) is 55.6. The Balaban J connectivity index is 1.40. The number of nitrogens with zero attached hydrogens (tertiary/aromatic N) is 2. The Morgan fingerprint density at radius 3 is 2.29 bits per heavy atom. The number of urea groups is 1. The maximum atomic E-state index is 13.8. The Morgan fingerprint density at radius 2 is 1.62 bits per heavy atom. The van der Waals surface area contributed by atoms with Gasteiger partial charge in [0, 0.05) is 38.4 Å². The van der Waals surface area contributed by atoms with Gasteiger partial charge in [-0.1, -0.05) is 50.8 Å². The molecule has 2 aromatic carbocycles. The quantitative estimate of drug-likeness (QED) is 0.149. The lowest BCUT2D eigenvalue weighted by atomic mass is 9.96. The van der Waals surface area contributed by atoms with E-state index in [1.165, 1.54) is 6.42 Å². The molecule has 0 aromatic heterocycles. The zero-order valence-corrected chi connectivity index (χ0v) is 28.5. The van der Waals surface area contributed by atoms with E-state index in [0.29, 0.717) is 49.3 Å². The molecule has 1 aliphatic heterocycles. The van der Waals surface area contributed by atoms with Gasteiger partial charge in [-0.25, -0.2) is 4.79 Å². The van der Waals surface area contributed by atoms with E-state index < -0.39 is 12.1 Å². The van der Waals surface area contributed by atoms with Gasteiger partial charge in [-0.15, -0.1) is 0 Å². The number of ether oxygens (including phenoxy) is 1. The summed E-state index contributed by atoms with van der Waals surface area (Å²) in [6.07, 6.45) is 7.26. The van der Waals surface area contributed by atoms with E-state index in [-0.39, 0.29) is 66.6 Å². The number of anilines is 3. The van der Waals surface area contributed by atoms with Crippen LogP contribution in [-0.4, -0.2) is 83.6 Å². The topological polar surface area (TPSA) is 166 Å². The molecule has 1 saturated carbocycles. The highest BCUT2D eigenvalue weighted by Crippen LogP contribution is 2.35. The molecule has 3 atom stereocenters. The fraction of sp³-hybridized carbons (Fsp3) is 0.556. The molecule has 12 heteroatoms. The molecule has 1 heterocycles. The Hall–Kier alpha value is -4.32. The fourth-order valence-electron chi connectivity index (χ4n) is 6.23. The highest BCUT2D eigenvalue weighted by Gasteiger charge is 2.35. The van der Waals surface area contributed by atoms with E-state index in [1.54, 1.807) is 66.2 Å². The number of hydrogen-bond acceptors (Lipinski definition) is 7. The molecular formula is C36H52N6O6. The molecule has 1 fully saturated rings. The largest absolute Gasteiger partial charge is 0.485 e. The molecule has 48 heavy (non-hydrogen) atoms. The summed E-state index contributed by atoms with van der Waals surface area (Å²) in [5, 5.41) is 18.9. The SMILES string of the molecule is C[C@H]1CN([C@@H](C)CO)C(=O)c2cccc(NC(=O)CCCCCC(=O)Nc3ccccc3N)c2O[C@@H]1CN(C)C(=O)NC1CCCCC1. The number of hydrogen-bond donors (Lipinski definition) is 5. The first kappa shape index (κ1) is 36.5. The van der Waals surface area contributed by atoms with Crippen LogP contribution in [0.1, 0.15) is 88.4 Å². The minimum Gasteiger partial charge on any atom is -0.485 e. The second kappa shape index (κ2) is 17.7. The van der Waals surface area contributed by atoms with Crippen molar-refractivity contribution in [1.82, 2.24) is 15.1 Å². The molecule has 5 amide bonds. The first-order chi connectivity index (χ1) is 23.1. The highest BCUT2D eigenvalue weighted by molar-refractivity contribution is 6.01. The number of unbranched alkanes of at least 4 members (excludes halogenated alkanes) is 2. The number of nitrogen functional groups attached to an aromatic ring is 1. The molecule has 6 N–H and O–H groups in total. The number of fused-ring (bicyclic) bond motifs is 1. The van der Waals surface area contributed by atoms with Gasteiger partial charge in [0.1, 0.15) is 6.10 Å². The summed E-state index contributed by atoms with van der Waals surface area (Å²) >= 11 is 0. The zero-order chi connectivity index (χ0) is 34.6. The van der Waals surface area contributed by atoms with E-state index in [4.69, 9.17) is 10.5 Å². The van der Waals surface area contributed by atoms with E-state index in [0.717, 1.165) is 25.7 Å². The van der Waals surface area contributed by atoms with Gasteiger partial charge in [0.15, 0.2) is 5.75 Å². The number of aliphatic hydroxyl groups is 1. The molecule has 0 unspecified atom stereocenters. The number of carbonyl (C=O) groups is 4. The molecule has 0 bridgehead atoms. The van der Waals surface area contributed by atoms with Gasteiger partial charge < -0.3 is 41.3 Å². The van der Waals surface area contributed by atoms with E-state index in [2.05, 4.69) is 16.0 Å². The Kier molecular flexibility index (Phi) is 13.5. The van der Waals surface area contributed by atoms with Crippen molar-refractivity contribution in [3.8, 4) is 5.75 Å². The predicted molar refractivity (Wildman–Crippen MR) is 187 cm³/mol. The molecule has 0 spiro atoms. The number of nitrogens with two attached hydrogens (primary N) is 1. The van der Waals surface area contributed by atoms with E-state index in [9.17, 15) is 24.3 Å². The van der Waals surface area contributed by atoms with Crippen LogP contribution in [0, 0.1) is 5.92 Å². The number of para-hydroxylation sites is 3. The third kappa shape index (κ3) is 10.1. The Labute approximate surface area is 283 Å². The van der Waals surface area contributed by atoms with Gasteiger partial charge in [-0.3, -0.25) is 14.4 Å². The molecule has 1 aliphatic carbocycles. The molecule has 2 aliphatic rings. The standard InChI is InChI=1S/C36H52N6O6/c1-24-21-42(25(2)23-43)35(46)27-15-12-18-30(34(27)48-31(24)22-41(3)36(47)38-26-13-6-4-7-14-26)40-33(45)20-9-5-8-19-32(44)39-29-17-11-10-16-28(29)37/h10-12,15-18,24-26,31,43H,4-9,13-14,19-23,37H2,1-3H3,(H,38,47)(H,39,44)(H,40,45)/t24-,25-,31+/m0/s1. The normalized spacial score (nSPS) is 18.8. The van der Waals surface area contributed by atoms with Crippen LogP contribution in [0.3, 0.4) is 0 Å². The minimum atomic E-state index is -0.497. The Morgan fingerprint density at radius 1 is 0.979 bits per heavy atom. The van der Waals surface area contributed by atoms with Crippen molar-refractivity contribution in [2.75, 3.05) is 43.1 Å². The van der Waals surface area contributed by atoms with Gasteiger partial charge in [0.05, 0.1) is 41.8 Å². The van der Waals surface area contributed by atoms with Crippen molar-refractivity contribution in [1.29, 1.82) is 0 Å². The number of aliphatic hydroxyl groups excluding tert-OH is 1. The van der Waals surface area contributed by atoms with Crippen LogP contribution in [0.4, 0.5) is 21.9 Å². The molecule has 0 radical (unpaired) electrons. The van der Waals surface area contributed by atoms with Crippen LogP contribution in [0.5, 0.6) is 5.75 Å². The van der Waals surface area contributed by atoms with Crippen LogP contribution in [0.15, 0.2) is 42.5 Å². The summed E-state index contributed by atoms with van der Waals surface area (Å²) in [6.45, 7) is 4.14. The summed E-state index contributed by atoms with van der Waals surface area (Å²) in [6, 6.07) is 11.7. The highest BCUT2D eigenvalue weighted by atomic mass is 16.5. The molecule has 0 saturated heterocycles. The summed E-state index contributed by atoms with van der Waals surface area (Å²) in [5.41, 5.74) is 7.64. The summed E-state index contributed by atoms with van der Waals surface area (Å²) in [5.74, 6) is -0.614. The smallest absolute Gasteiger partial charge is 0.317 e. The average Bonchev–Trinajstić information content (AvgIpc) is 3.07. The van der Waals surface area contributed by atoms with Gasteiger partial charge in [0.2, 0.25) is 11.8 Å². The average molecular weight is 665 g/mol. The number of amides is 5. The number of rotatable bonds is 13. The van der Waals surface area contributed by atoms with Gasteiger partial charge in [0.25, 0.3) is 5.91 Å². The minimum absolute atomic E-state index is 0.132. The third-order valence-electron chi connectivity index (χ3n) is 9.24. The van der Waals surface area contributed by atoms with Crippen molar-refractivity contribution in [3.63, 3.8) is 0 Å². The van der Waals surface area contributed by atoms with Crippen molar-refractivity contribution >= 4 is 40.8 Å². The second-order valence-electron chi connectivity index (χ2n) is 13.2. The number of benzene rings is 2. The number of nitrogens with one attached hydrogen (secondary N) is 3. The van der Waals surface area contributed by atoms with Crippen LogP contribution in [-0.2, 0) is 9.59 Å². The van der Waals surface area contributed by atoms with E-state index >= 15 is 0 Å². The zero-order valence-electron chi connectivity index (χ0n) is 28.5. The second-order valence-corrected chi connectivity index (χ2v) is 13.2. The number of likely N-dealkylation sites (N-methyl/N-ethyl adjacent to an activating group) is 1. The fourth-order valence-corrected chi connectivity index (χ4v) is 6.23. The molecule has 12 nitrogen and oxygen atoms in total. The maximum Gasteiger partial charge on any atom is 0.317 e. The lowest BCUT2D eigenvalue weighted by Gasteiger charge is -2.38. The monoisotopic (exact) mass is 664 g/mol. The van der Waals surface area contributed by atoms with Crippen LogP contribution < -0.4 is 26.4 Å². The first-order valence-corrected chi connectivity index (χ1v) is 17.2. The molecule has 4 rings (SSSR count).